The summed E-state index contributed by atoms with van der Waals surface area (Å²) in [5.41, 5.74) is 1.12. The van der Waals surface area contributed by atoms with Crippen molar-refractivity contribution in [1.29, 1.82) is 0 Å². The van der Waals surface area contributed by atoms with Gasteiger partial charge in [0.25, 0.3) is 0 Å². The topological polar surface area (TPSA) is 72.3 Å². The summed E-state index contributed by atoms with van der Waals surface area (Å²) in [4.78, 5) is 11.5. The molecule has 0 atom stereocenters. The molecule has 108 valence electrons. The molecular formula is C14H13BrN4O2. The maximum Gasteiger partial charge on any atom is 0.364 e. The Morgan fingerprint density at radius 2 is 2.10 bits per heavy atom. The third-order valence-corrected chi connectivity index (χ3v) is 3.55. The van der Waals surface area contributed by atoms with Gasteiger partial charge in [0.1, 0.15) is 5.75 Å². The summed E-state index contributed by atoms with van der Waals surface area (Å²) in [6.45, 7) is 4.18. The highest BCUT2D eigenvalue weighted by molar-refractivity contribution is 9.10. The first kappa shape index (κ1) is 13.8. The van der Waals surface area contributed by atoms with Gasteiger partial charge in [-0.15, -0.1) is 5.10 Å². The summed E-state index contributed by atoms with van der Waals surface area (Å²) in [7, 11) is 0. The highest BCUT2D eigenvalue weighted by Gasteiger charge is 2.11. The Bertz CT molecular complexity index is 854. The molecule has 0 aliphatic rings. The quantitative estimate of drug-likeness (QED) is 0.789. The number of hydrogen-bond donors (Lipinski definition) is 1. The second kappa shape index (κ2) is 5.33. The van der Waals surface area contributed by atoms with Crippen molar-refractivity contribution in [3.8, 4) is 11.6 Å². The first-order chi connectivity index (χ1) is 10.0. The van der Waals surface area contributed by atoms with Crippen LogP contribution < -0.4 is 10.4 Å². The fourth-order valence-electron chi connectivity index (χ4n) is 2.02. The second-order valence-corrected chi connectivity index (χ2v) is 5.82. The maximum absolute atomic E-state index is 11.5. The third-order valence-electron chi connectivity index (χ3n) is 3.06. The first-order valence-corrected chi connectivity index (χ1v) is 7.25. The molecule has 0 radical (unpaired) electrons. The number of rotatable bonds is 3. The molecule has 0 aliphatic heterocycles. The highest BCUT2D eigenvalue weighted by Crippen LogP contribution is 2.32. The standard InChI is InChI=1S/C14H13BrN4O2/c1-8(2)10-7-9(15)3-4-11(10)21-13-6-5-12-16-17-14(20)19(12)18-13/h3-8H,1-2H3,(H,17,20). The number of aromatic nitrogens is 4. The average Bonchev–Trinajstić information content (AvgIpc) is 2.82. The predicted octanol–water partition coefficient (Wildman–Crippen LogP) is 3.10. The summed E-state index contributed by atoms with van der Waals surface area (Å²) in [6.07, 6.45) is 0. The Morgan fingerprint density at radius 3 is 2.86 bits per heavy atom. The smallest absolute Gasteiger partial charge is 0.364 e. The van der Waals surface area contributed by atoms with E-state index < -0.39 is 5.69 Å². The largest absolute Gasteiger partial charge is 0.437 e. The monoisotopic (exact) mass is 348 g/mol. The molecule has 0 bridgehead atoms. The summed E-state index contributed by atoms with van der Waals surface area (Å²) in [6, 6.07) is 9.16. The van der Waals surface area contributed by atoms with E-state index in [9.17, 15) is 4.79 Å². The van der Waals surface area contributed by atoms with Crippen molar-refractivity contribution in [2.75, 3.05) is 0 Å². The Balaban J connectivity index is 2.02. The highest BCUT2D eigenvalue weighted by atomic mass is 79.9. The molecule has 0 saturated heterocycles. The molecule has 3 aromatic rings. The van der Waals surface area contributed by atoms with Gasteiger partial charge in [-0.1, -0.05) is 29.8 Å². The van der Waals surface area contributed by atoms with Crippen molar-refractivity contribution >= 4 is 21.6 Å². The van der Waals surface area contributed by atoms with Crippen LogP contribution >= 0.6 is 15.9 Å². The molecule has 0 unspecified atom stereocenters. The molecule has 6 nitrogen and oxygen atoms in total. The van der Waals surface area contributed by atoms with Gasteiger partial charge in [0.2, 0.25) is 5.88 Å². The molecule has 0 aliphatic carbocycles. The minimum absolute atomic E-state index is 0.304. The molecule has 0 fully saturated rings. The number of benzene rings is 1. The van der Waals surface area contributed by atoms with Gasteiger partial charge < -0.3 is 4.74 Å². The van der Waals surface area contributed by atoms with Crippen molar-refractivity contribution in [2.24, 2.45) is 0 Å². The molecule has 0 spiro atoms. The van der Waals surface area contributed by atoms with E-state index in [1.807, 2.05) is 18.2 Å². The number of aromatic amines is 1. The second-order valence-electron chi connectivity index (χ2n) is 4.91. The SMILES string of the molecule is CC(C)c1cc(Br)ccc1Oc1ccc2n[nH]c(=O)n2n1. The van der Waals surface area contributed by atoms with Crippen LogP contribution in [0.3, 0.4) is 0 Å². The number of hydrogen-bond acceptors (Lipinski definition) is 4. The molecule has 2 aromatic heterocycles. The predicted molar refractivity (Wildman–Crippen MR) is 81.9 cm³/mol. The van der Waals surface area contributed by atoms with Gasteiger partial charge in [-0.3, -0.25) is 0 Å². The van der Waals surface area contributed by atoms with Crippen LogP contribution in [-0.4, -0.2) is 19.8 Å². The van der Waals surface area contributed by atoms with E-state index in [4.69, 9.17) is 4.74 Å². The van der Waals surface area contributed by atoms with Crippen LogP contribution in [-0.2, 0) is 0 Å². The fourth-order valence-corrected chi connectivity index (χ4v) is 2.40. The molecule has 2 heterocycles. The third kappa shape index (κ3) is 2.69. The van der Waals surface area contributed by atoms with Crippen LogP contribution in [0.2, 0.25) is 0 Å². The molecule has 21 heavy (non-hydrogen) atoms. The summed E-state index contributed by atoms with van der Waals surface area (Å²) < 4.78 is 7.99. The lowest BCUT2D eigenvalue weighted by molar-refractivity contribution is 0.443. The lowest BCUT2D eigenvalue weighted by Crippen LogP contribution is -2.12. The van der Waals surface area contributed by atoms with E-state index >= 15 is 0 Å². The van der Waals surface area contributed by atoms with Gasteiger partial charge in [0.15, 0.2) is 5.65 Å². The van der Waals surface area contributed by atoms with Gasteiger partial charge in [-0.05, 0) is 35.7 Å². The van der Waals surface area contributed by atoms with Gasteiger partial charge in [0, 0.05) is 10.5 Å². The van der Waals surface area contributed by atoms with E-state index in [1.54, 1.807) is 12.1 Å². The molecule has 3 rings (SSSR count). The molecule has 0 saturated carbocycles. The van der Waals surface area contributed by atoms with Gasteiger partial charge >= 0.3 is 5.69 Å². The molecule has 0 amide bonds. The van der Waals surface area contributed by atoms with Crippen molar-refractivity contribution in [3.63, 3.8) is 0 Å². The molecular weight excluding hydrogens is 336 g/mol. The fraction of sp³-hybridized carbons (Fsp3) is 0.214. The van der Waals surface area contributed by atoms with Crippen LogP contribution in [0.1, 0.15) is 25.3 Å². The normalized spacial score (nSPS) is 11.2. The van der Waals surface area contributed by atoms with E-state index in [-0.39, 0.29) is 0 Å². The van der Waals surface area contributed by atoms with E-state index in [1.165, 1.54) is 4.52 Å². The lowest BCUT2D eigenvalue weighted by atomic mass is 10.0. The van der Waals surface area contributed by atoms with Crippen LogP contribution in [0.15, 0.2) is 39.6 Å². The number of ether oxygens (including phenoxy) is 1. The first-order valence-electron chi connectivity index (χ1n) is 6.46. The van der Waals surface area contributed by atoms with Crippen molar-refractivity contribution in [2.45, 2.75) is 19.8 Å². The number of nitrogens with zero attached hydrogens (tertiary/aromatic N) is 3. The molecule has 1 aromatic carbocycles. The van der Waals surface area contributed by atoms with Crippen molar-refractivity contribution in [3.05, 3.63) is 50.9 Å². The number of H-pyrrole nitrogens is 1. The zero-order valence-corrected chi connectivity index (χ0v) is 13.1. The summed E-state index contributed by atoms with van der Waals surface area (Å²) in [5, 5.41) is 10.3. The van der Waals surface area contributed by atoms with E-state index in [0.29, 0.717) is 17.4 Å². The number of halogens is 1. The maximum atomic E-state index is 11.5. The minimum Gasteiger partial charge on any atom is -0.437 e. The average molecular weight is 349 g/mol. The Labute approximate surface area is 128 Å². The number of nitrogens with one attached hydrogen (secondary N) is 1. The van der Waals surface area contributed by atoms with Crippen LogP contribution in [0.4, 0.5) is 0 Å². The zero-order chi connectivity index (χ0) is 15.0. The van der Waals surface area contributed by atoms with Gasteiger partial charge in [-0.2, -0.15) is 9.61 Å². The number of fused-ring (bicyclic) bond motifs is 1. The van der Waals surface area contributed by atoms with Gasteiger partial charge in [-0.25, -0.2) is 9.89 Å². The van der Waals surface area contributed by atoms with Crippen molar-refractivity contribution < 1.29 is 4.74 Å². The Kier molecular flexibility index (Phi) is 3.50. The van der Waals surface area contributed by atoms with Crippen LogP contribution in [0.5, 0.6) is 11.6 Å². The van der Waals surface area contributed by atoms with E-state index in [0.717, 1.165) is 15.8 Å². The van der Waals surface area contributed by atoms with E-state index in [2.05, 4.69) is 45.1 Å². The van der Waals surface area contributed by atoms with Crippen molar-refractivity contribution in [1.82, 2.24) is 19.8 Å². The Morgan fingerprint density at radius 1 is 1.29 bits per heavy atom. The van der Waals surface area contributed by atoms with Crippen LogP contribution in [0.25, 0.3) is 5.65 Å². The summed E-state index contributed by atoms with van der Waals surface area (Å²) in [5.74, 6) is 1.37. The minimum atomic E-state index is -0.393. The molecule has 7 heteroatoms. The summed E-state index contributed by atoms with van der Waals surface area (Å²) >= 11 is 3.46. The Hall–Kier alpha value is -2.15. The van der Waals surface area contributed by atoms with Gasteiger partial charge in [0.05, 0.1) is 0 Å². The lowest BCUT2D eigenvalue weighted by Gasteiger charge is -2.13. The van der Waals surface area contributed by atoms with Crippen LogP contribution in [0, 0.1) is 0 Å². The molecule has 1 N–H and O–H groups in total. The zero-order valence-electron chi connectivity index (χ0n) is 11.5.